The number of halogens is 4. The van der Waals surface area contributed by atoms with Gasteiger partial charge in [-0.2, -0.15) is 13.2 Å². The van der Waals surface area contributed by atoms with E-state index in [2.05, 4.69) is 20.3 Å². The molecule has 0 atom stereocenters. The van der Waals surface area contributed by atoms with Crippen LogP contribution in [0.15, 0.2) is 47.2 Å². The summed E-state index contributed by atoms with van der Waals surface area (Å²) in [6.45, 7) is -0.150. The van der Waals surface area contributed by atoms with Gasteiger partial charge in [0.1, 0.15) is 23.0 Å². The minimum Gasteiger partial charge on any atom is -0.689 e. The van der Waals surface area contributed by atoms with Gasteiger partial charge in [-0.3, -0.25) is 14.8 Å². The summed E-state index contributed by atoms with van der Waals surface area (Å²) < 4.78 is 68.1. The number of aryl methyl sites for hydroxylation is 1. The van der Waals surface area contributed by atoms with Crippen molar-refractivity contribution in [1.29, 1.82) is 5.41 Å². The summed E-state index contributed by atoms with van der Waals surface area (Å²) in [6, 6.07) is 5.42. The number of imidazole rings is 1. The van der Waals surface area contributed by atoms with Crippen molar-refractivity contribution in [2.24, 2.45) is 13.0 Å². The molecule has 10 nitrogen and oxygen atoms in total. The predicted octanol–water partition coefficient (Wildman–Crippen LogP) is 2.16. The molecule has 15 heteroatoms. The summed E-state index contributed by atoms with van der Waals surface area (Å²) in [5, 5.41) is 13.2. The third-order valence-electron chi connectivity index (χ3n) is 6.90. The van der Waals surface area contributed by atoms with Crippen LogP contribution in [0.1, 0.15) is 29.9 Å². The summed E-state index contributed by atoms with van der Waals surface area (Å²) in [4.78, 5) is 25.7. The molecule has 1 aliphatic rings. The van der Waals surface area contributed by atoms with Crippen LogP contribution in [0.5, 0.6) is 5.75 Å². The van der Waals surface area contributed by atoms with E-state index in [1.807, 2.05) is 0 Å². The quantitative estimate of drug-likeness (QED) is 0.139. The van der Waals surface area contributed by atoms with Gasteiger partial charge in [0.05, 0.1) is 31.9 Å². The number of methoxy groups -OCH3 is 2. The first-order chi connectivity index (χ1) is 20.0. The number of ether oxygens (including phenoxy) is 2. The maximum atomic E-state index is 15.5. The molecule has 0 spiro atoms. The summed E-state index contributed by atoms with van der Waals surface area (Å²) in [5.74, 6) is -1.08. The number of allylic oxidation sites excluding steroid dienone is 1. The molecule has 220 valence electrons. The van der Waals surface area contributed by atoms with E-state index in [9.17, 15) is 18.0 Å². The molecular formula is C28H26F4KN7O3. The second-order valence-corrected chi connectivity index (χ2v) is 9.73. The van der Waals surface area contributed by atoms with E-state index in [-0.39, 0.29) is 104 Å². The van der Waals surface area contributed by atoms with Gasteiger partial charge in [0.15, 0.2) is 11.5 Å². The van der Waals surface area contributed by atoms with Crippen molar-refractivity contribution < 1.29 is 78.4 Å². The SMILES string of the molecule is C[N-]/C(=C(\C(=N)OC)c1ncc2ccc(=O)n(Cc3cc(F)c(-c4nc(C(F)(F)F)cn4C)c(OC)c3)c2n1)C1CC1.[K+]. The Bertz CT molecular complexity index is 1800. The van der Waals surface area contributed by atoms with Crippen LogP contribution in [0, 0.1) is 17.1 Å². The second-order valence-electron chi connectivity index (χ2n) is 9.73. The average molecular weight is 624 g/mol. The fourth-order valence-corrected chi connectivity index (χ4v) is 4.76. The first kappa shape index (κ1) is 32.8. The van der Waals surface area contributed by atoms with E-state index in [0.29, 0.717) is 16.7 Å². The van der Waals surface area contributed by atoms with Gasteiger partial charge in [-0.1, -0.05) is 0 Å². The molecule has 0 saturated heterocycles. The minimum atomic E-state index is -4.71. The van der Waals surface area contributed by atoms with E-state index in [4.69, 9.17) is 14.9 Å². The number of alkyl halides is 3. The van der Waals surface area contributed by atoms with E-state index in [1.54, 1.807) is 13.1 Å². The Hall–Kier alpha value is -3.11. The Morgan fingerprint density at radius 3 is 2.49 bits per heavy atom. The molecule has 43 heavy (non-hydrogen) atoms. The molecule has 0 bridgehead atoms. The molecule has 1 saturated carbocycles. The molecule has 0 radical (unpaired) electrons. The summed E-state index contributed by atoms with van der Waals surface area (Å²) >= 11 is 0. The van der Waals surface area contributed by atoms with Crippen LogP contribution >= 0.6 is 0 Å². The van der Waals surface area contributed by atoms with Crippen LogP contribution in [0.2, 0.25) is 0 Å². The van der Waals surface area contributed by atoms with E-state index >= 15 is 4.39 Å². The Morgan fingerprint density at radius 1 is 1.19 bits per heavy atom. The average Bonchev–Trinajstić information content (AvgIpc) is 3.72. The van der Waals surface area contributed by atoms with Gasteiger partial charge in [-0.15, -0.1) is 12.7 Å². The molecule has 1 aliphatic carbocycles. The molecule has 1 N–H and O–H groups in total. The Balaban J connectivity index is 0.00000423. The fourth-order valence-electron chi connectivity index (χ4n) is 4.76. The monoisotopic (exact) mass is 623 g/mol. The Labute approximate surface area is 286 Å². The van der Waals surface area contributed by atoms with Crippen LogP contribution < -0.4 is 61.7 Å². The van der Waals surface area contributed by atoms with Gasteiger partial charge >= 0.3 is 57.6 Å². The fraction of sp³-hybridized carbons (Fsp3) is 0.321. The van der Waals surface area contributed by atoms with Crippen molar-refractivity contribution in [2.45, 2.75) is 25.6 Å². The first-order valence-corrected chi connectivity index (χ1v) is 12.8. The van der Waals surface area contributed by atoms with Gasteiger partial charge in [0.2, 0.25) is 5.90 Å². The number of nitrogens with one attached hydrogen (secondary N) is 1. The number of nitrogens with zero attached hydrogens (tertiary/aromatic N) is 6. The molecule has 0 aliphatic heterocycles. The van der Waals surface area contributed by atoms with Gasteiger partial charge < -0.3 is 19.4 Å². The largest absolute Gasteiger partial charge is 1.00 e. The van der Waals surface area contributed by atoms with Crippen LogP contribution in [0.3, 0.4) is 0 Å². The zero-order chi connectivity index (χ0) is 30.3. The van der Waals surface area contributed by atoms with Crippen LogP contribution in [-0.2, 0) is 24.5 Å². The molecule has 5 rings (SSSR count). The number of rotatable bonds is 8. The van der Waals surface area contributed by atoms with Gasteiger partial charge in [0, 0.05) is 30.9 Å². The third-order valence-corrected chi connectivity index (χ3v) is 6.90. The maximum absolute atomic E-state index is 15.5. The number of hydrogen-bond donors (Lipinski definition) is 1. The Kier molecular flexibility index (Phi) is 9.81. The third kappa shape index (κ3) is 6.55. The second kappa shape index (κ2) is 12.9. The van der Waals surface area contributed by atoms with Crippen LogP contribution in [0.25, 0.3) is 33.3 Å². The summed E-state index contributed by atoms with van der Waals surface area (Å²) in [6.07, 6.45) is -0.617. The summed E-state index contributed by atoms with van der Waals surface area (Å²) in [5.41, 5.74) is -0.395. The molecule has 3 heterocycles. The number of pyridine rings is 1. The zero-order valence-corrected chi connectivity index (χ0v) is 27.2. The number of hydrogen-bond acceptors (Lipinski definition) is 7. The van der Waals surface area contributed by atoms with Crippen molar-refractivity contribution in [3.8, 4) is 17.1 Å². The number of aromatic nitrogens is 5. The topological polar surface area (TPSA) is 122 Å². The van der Waals surface area contributed by atoms with Gasteiger partial charge in [-0.05, 0) is 42.5 Å². The molecule has 1 fully saturated rings. The molecule has 3 aromatic heterocycles. The molecule has 0 amide bonds. The standard InChI is InChI=1S/C28H27F4N7O3.K/c1-34-23(15-5-6-15)22(24(33)42-4)25-35-11-16-7-8-20(40)39(26(16)37-25)12-14-9-17(29)21(18(10-14)41-3)27-36-19(13-38(27)2)28(30,31)32;/h7-11,13,15H,5-6,12H2,1-4H3,(H2,33,34,35,37,40);/q;+1/p-1. The van der Waals surface area contributed by atoms with Crippen molar-refractivity contribution >= 4 is 22.5 Å². The zero-order valence-electron chi connectivity index (χ0n) is 24.1. The van der Waals surface area contributed by atoms with Gasteiger partial charge in [0.25, 0.3) is 5.56 Å². The molecule has 4 aromatic rings. The van der Waals surface area contributed by atoms with E-state index in [0.717, 1.165) is 29.7 Å². The van der Waals surface area contributed by atoms with E-state index in [1.165, 1.54) is 44.2 Å². The van der Waals surface area contributed by atoms with Crippen molar-refractivity contribution in [1.82, 2.24) is 24.1 Å². The van der Waals surface area contributed by atoms with Crippen molar-refractivity contribution in [3.63, 3.8) is 0 Å². The molecule has 1 aromatic carbocycles. The smallest absolute Gasteiger partial charge is 0.689 e. The molecule has 0 unspecified atom stereocenters. The van der Waals surface area contributed by atoms with Crippen molar-refractivity contribution in [2.75, 3.05) is 21.3 Å². The van der Waals surface area contributed by atoms with Crippen LogP contribution in [0.4, 0.5) is 17.6 Å². The van der Waals surface area contributed by atoms with E-state index < -0.39 is 23.2 Å². The minimum absolute atomic E-state index is 0. The normalized spacial score (nSPS) is 13.8. The number of benzene rings is 1. The first-order valence-electron chi connectivity index (χ1n) is 12.8. The number of fused-ring (bicyclic) bond motifs is 1. The van der Waals surface area contributed by atoms with Crippen LogP contribution in [-0.4, -0.2) is 51.3 Å². The predicted molar refractivity (Wildman–Crippen MR) is 147 cm³/mol. The summed E-state index contributed by atoms with van der Waals surface area (Å²) in [7, 11) is 5.56. The Morgan fingerprint density at radius 2 is 1.91 bits per heavy atom. The van der Waals surface area contributed by atoms with Gasteiger partial charge in [-0.25, -0.2) is 19.3 Å². The van der Waals surface area contributed by atoms with Crippen molar-refractivity contribution in [3.05, 3.63) is 80.9 Å². The maximum Gasteiger partial charge on any atom is 1.00 e. The molecular weight excluding hydrogens is 597 g/mol.